The minimum atomic E-state index is -0.667. The Morgan fingerprint density at radius 2 is 1.72 bits per heavy atom. The van der Waals surface area contributed by atoms with Crippen LogP contribution < -0.4 is 30.6 Å². The Hall–Kier alpha value is -3.75. The van der Waals surface area contributed by atoms with Crippen molar-refractivity contribution in [2.24, 2.45) is 16.6 Å². The highest BCUT2D eigenvalue weighted by atomic mass is 16.5. The van der Waals surface area contributed by atoms with E-state index in [1.807, 2.05) is 12.1 Å². The van der Waals surface area contributed by atoms with Gasteiger partial charge in [0.15, 0.2) is 17.5 Å². The number of hydrogen-bond donors (Lipinski definition) is 3. The first kappa shape index (κ1) is 28.3. The number of carbonyl (C=O) groups excluding carboxylic acids is 2. The van der Waals surface area contributed by atoms with Gasteiger partial charge in [0, 0.05) is 6.04 Å². The van der Waals surface area contributed by atoms with Crippen LogP contribution in [0.15, 0.2) is 41.4 Å². The maximum absolute atomic E-state index is 13.5. The van der Waals surface area contributed by atoms with Gasteiger partial charge in [0.25, 0.3) is 0 Å². The average molecular weight is 537 g/mol. The number of fused-ring (bicyclic) bond motifs is 1. The molecule has 2 aromatic carbocycles. The van der Waals surface area contributed by atoms with Gasteiger partial charge in [-0.15, -0.1) is 0 Å². The number of nitrogens with one attached hydrogen (secondary N) is 2. The van der Waals surface area contributed by atoms with Gasteiger partial charge in [-0.3, -0.25) is 14.9 Å². The molecule has 1 saturated carbocycles. The van der Waals surface area contributed by atoms with Gasteiger partial charge in [0.2, 0.25) is 11.8 Å². The number of carbonyl (C=O) groups is 2. The lowest BCUT2D eigenvalue weighted by Gasteiger charge is -2.25. The quantitative estimate of drug-likeness (QED) is 0.316. The highest BCUT2D eigenvalue weighted by Gasteiger charge is 2.30. The van der Waals surface area contributed by atoms with Crippen LogP contribution >= 0.6 is 0 Å². The van der Waals surface area contributed by atoms with Crippen LogP contribution in [0, 0.1) is 5.92 Å². The first-order chi connectivity index (χ1) is 18.9. The molecule has 39 heavy (non-hydrogen) atoms. The van der Waals surface area contributed by atoms with E-state index in [9.17, 15) is 9.59 Å². The van der Waals surface area contributed by atoms with Gasteiger partial charge in [-0.1, -0.05) is 50.3 Å². The number of guanidine groups is 1. The van der Waals surface area contributed by atoms with Crippen molar-refractivity contribution in [3.63, 3.8) is 0 Å². The van der Waals surface area contributed by atoms with Crippen LogP contribution in [0.5, 0.6) is 17.2 Å². The molecule has 0 heterocycles. The Balaban J connectivity index is 1.42. The summed E-state index contributed by atoms with van der Waals surface area (Å²) in [6, 6.07) is 10.6. The molecule has 2 unspecified atom stereocenters. The number of hydrogen-bond acceptors (Lipinski definition) is 6. The Morgan fingerprint density at radius 3 is 2.44 bits per heavy atom. The lowest BCUT2D eigenvalue weighted by Crippen LogP contribution is -2.45. The summed E-state index contributed by atoms with van der Waals surface area (Å²) in [7, 11) is 4.77. The van der Waals surface area contributed by atoms with E-state index in [1.54, 1.807) is 39.5 Å². The highest BCUT2D eigenvalue weighted by molar-refractivity contribution is 5.98. The lowest BCUT2D eigenvalue weighted by molar-refractivity contribution is -0.123. The SMILES string of the molecule is COc1ccc(CC(=O)NC(N)=NC(CC2CCCCC2)C(=O)NC2Cc3cccc(OC)c3C2)cc1OC. The molecule has 210 valence electrons. The maximum atomic E-state index is 13.5. The summed E-state index contributed by atoms with van der Waals surface area (Å²) in [5.74, 6) is 1.86. The normalized spacial score (nSPS) is 18.1. The Kier molecular flexibility index (Phi) is 9.68. The van der Waals surface area contributed by atoms with Gasteiger partial charge in [0.1, 0.15) is 11.8 Å². The number of benzene rings is 2. The summed E-state index contributed by atoms with van der Waals surface area (Å²) in [6.07, 6.45) is 7.87. The third-order valence-electron chi connectivity index (χ3n) is 7.67. The molecular weight excluding hydrogens is 496 g/mol. The molecule has 0 aliphatic heterocycles. The smallest absolute Gasteiger partial charge is 0.245 e. The maximum Gasteiger partial charge on any atom is 0.245 e. The van der Waals surface area contributed by atoms with Gasteiger partial charge in [-0.05, 0) is 60.1 Å². The van der Waals surface area contributed by atoms with Crippen LogP contribution in [0.1, 0.15) is 55.2 Å². The zero-order chi connectivity index (χ0) is 27.8. The molecule has 2 amide bonds. The molecule has 9 heteroatoms. The van der Waals surface area contributed by atoms with Crippen molar-refractivity contribution in [1.29, 1.82) is 0 Å². The van der Waals surface area contributed by atoms with Gasteiger partial charge in [-0.2, -0.15) is 0 Å². The standard InChI is InChI=1S/C30H40N4O5/c1-37-25-11-7-10-21-17-22(18-23(21)25)32-29(36)24(14-19-8-5-4-6-9-19)33-30(31)34-28(35)16-20-12-13-26(38-2)27(15-20)39-3/h7,10-13,15,19,22,24H,4-6,8-9,14,16-18H2,1-3H3,(H,32,36)(H3,31,33,34,35). The van der Waals surface area contributed by atoms with Crippen LogP contribution in [0.4, 0.5) is 0 Å². The predicted octanol–water partition coefficient (Wildman–Crippen LogP) is 3.31. The monoisotopic (exact) mass is 536 g/mol. The summed E-state index contributed by atoms with van der Waals surface area (Å²) in [5.41, 5.74) is 9.23. The van der Waals surface area contributed by atoms with Crippen molar-refractivity contribution in [2.75, 3.05) is 21.3 Å². The van der Waals surface area contributed by atoms with Gasteiger partial charge >= 0.3 is 0 Å². The van der Waals surface area contributed by atoms with E-state index < -0.39 is 6.04 Å². The number of methoxy groups -OCH3 is 3. The van der Waals surface area contributed by atoms with Gasteiger partial charge in [0.05, 0.1) is 27.8 Å². The van der Waals surface area contributed by atoms with Crippen molar-refractivity contribution in [3.05, 3.63) is 53.1 Å². The second-order valence-corrected chi connectivity index (χ2v) is 10.4. The number of rotatable bonds is 10. The van der Waals surface area contributed by atoms with Crippen LogP contribution in [0.25, 0.3) is 0 Å². The van der Waals surface area contributed by atoms with Crippen LogP contribution in [-0.2, 0) is 28.9 Å². The Morgan fingerprint density at radius 1 is 0.974 bits per heavy atom. The molecule has 2 aliphatic rings. The molecule has 2 atom stereocenters. The van der Waals surface area contributed by atoms with E-state index in [4.69, 9.17) is 19.9 Å². The Labute approximate surface area is 230 Å². The molecule has 0 bridgehead atoms. The molecule has 0 spiro atoms. The van der Waals surface area contributed by atoms with Crippen molar-refractivity contribution < 1.29 is 23.8 Å². The van der Waals surface area contributed by atoms with E-state index >= 15 is 0 Å². The summed E-state index contributed by atoms with van der Waals surface area (Å²) in [5, 5.41) is 5.85. The molecule has 2 aromatic rings. The van der Waals surface area contributed by atoms with Crippen molar-refractivity contribution in [3.8, 4) is 17.2 Å². The van der Waals surface area contributed by atoms with Crippen molar-refractivity contribution in [2.45, 2.75) is 69.9 Å². The number of nitrogens with two attached hydrogens (primary N) is 1. The summed E-state index contributed by atoms with van der Waals surface area (Å²) in [4.78, 5) is 30.7. The molecule has 9 nitrogen and oxygen atoms in total. The fraction of sp³-hybridized carbons (Fsp3) is 0.500. The molecular formula is C30H40N4O5. The van der Waals surface area contributed by atoms with Crippen LogP contribution in [0.3, 0.4) is 0 Å². The number of amides is 2. The van der Waals surface area contributed by atoms with Gasteiger partial charge < -0.3 is 25.3 Å². The van der Waals surface area contributed by atoms with Crippen molar-refractivity contribution >= 4 is 17.8 Å². The zero-order valence-corrected chi connectivity index (χ0v) is 23.1. The first-order valence-corrected chi connectivity index (χ1v) is 13.7. The highest BCUT2D eigenvalue weighted by Crippen LogP contribution is 2.32. The van der Waals surface area contributed by atoms with Gasteiger partial charge in [-0.25, -0.2) is 4.99 Å². The fourth-order valence-electron chi connectivity index (χ4n) is 5.73. The topological polar surface area (TPSA) is 124 Å². The third-order valence-corrected chi connectivity index (χ3v) is 7.67. The minimum Gasteiger partial charge on any atom is -0.496 e. The van der Waals surface area contributed by atoms with E-state index in [0.717, 1.165) is 49.0 Å². The van der Waals surface area contributed by atoms with Crippen molar-refractivity contribution in [1.82, 2.24) is 10.6 Å². The van der Waals surface area contributed by atoms with E-state index in [-0.39, 0.29) is 30.2 Å². The molecule has 0 aromatic heterocycles. The summed E-state index contributed by atoms with van der Waals surface area (Å²) in [6.45, 7) is 0. The molecule has 2 aliphatic carbocycles. The zero-order valence-electron chi connectivity index (χ0n) is 23.1. The van der Waals surface area contributed by atoms with E-state index in [1.165, 1.54) is 12.0 Å². The van der Waals surface area contributed by atoms with Crippen LogP contribution in [-0.4, -0.2) is 51.2 Å². The average Bonchev–Trinajstić information content (AvgIpc) is 3.35. The minimum absolute atomic E-state index is 0.0336. The fourth-order valence-corrected chi connectivity index (χ4v) is 5.73. The molecule has 4 N–H and O–H groups in total. The Bertz CT molecular complexity index is 1190. The number of ether oxygens (including phenoxy) is 3. The number of aliphatic imine (C=N–C) groups is 1. The molecule has 4 rings (SSSR count). The number of nitrogens with zero attached hydrogens (tertiary/aromatic N) is 1. The molecule has 0 radical (unpaired) electrons. The molecule has 0 saturated heterocycles. The first-order valence-electron chi connectivity index (χ1n) is 13.7. The summed E-state index contributed by atoms with van der Waals surface area (Å²) < 4.78 is 16.1. The summed E-state index contributed by atoms with van der Waals surface area (Å²) >= 11 is 0. The third kappa shape index (κ3) is 7.43. The van der Waals surface area contributed by atoms with Crippen LogP contribution in [0.2, 0.25) is 0 Å². The van der Waals surface area contributed by atoms with E-state index in [2.05, 4.69) is 21.7 Å². The predicted molar refractivity (Wildman–Crippen MR) is 150 cm³/mol. The van der Waals surface area contributed by atoms with E-state index in [0.29, 0.717) is 30.3 Å². The lowest BCUT2D eigenvalue weighted by atomic mass is 9.84. The largest absolute Gasteiger partial charge is 0.496 e. The molecule has 1 fully saturated rings. The second kappa shape index (κ2) is 13.4. The second-order valence-electron chi connectivity index (χ2n) is 10.4.